The van der Waals surface area contributed by atoms with Crippen LogP contribution in [0.15, 0.2) is 41.1 Å². The maximum atomic E-state index is 11.8. The van der Waals surface area contributed by atoms with Gasteiger partial charge in [0.2, 0.25) is 0 Å². The smallest absolute Gasteiger partial charge is 0.331 e. The highest BCUT2D eigenvalue weighted by Crippen LogP contribution is 2.29. The number of ether oxygens (including phenoxy) is 3. The summed E-state index contributed by atoms with van der Waals surface area (Å²) < 4.78 is 15.2. The van der Waals surface area contributed by atoms with Crippen molar-refractivity contribution in [2.45, 2.75) is 0 Å². The molecule has 0 atom stereocenters. The summed E-state index contributed by atoms with van der Waals surface area (Å²) in [7, 11) is 3.03. The van der Waals surface area contributed by atoms with E-state index in [4.69, 9.17) is 14.2 Å². The Kier molecular flexibility index (Phi) is 6.39. The highest BCUT2D eigenvalue weighted by molar-refractivity contribution is 7.08. The van der Waals surface area contributed by atoms with Gasteiger partial charge in [-0.25, -0.2) is 4.79 Å². The highest BCUT2D eigenvalue weighted by atomic mass is 32.1. The van der Waals surface area contributed by atoms with E-state index < -0.39 is 11.9 Å². The summed E-state index contributed by atoms with van der Waals surface area (Å²) in [5.74, 6) is 0.0228. The summed E-state index contributed by atoms with van der Waals surface area (Å²) in [6, 6.07) is 6.83. The van der Waals surface area contributed by atoms with Crippen LogP contribution >= 0.6 is 11.3 Å². The Labute approximate surface area is 143 Å². The second-order valence-electron chi connectivity index (χ2n) is 4.62. The quantitative estimate of drug-likeness (QED) is 0.616. The van der Waals surface area contributed by atoms with E-state index in [1.54, 1.807) is 24.3 Å². The minimum atomic E-state index is -0.580. The standard InChI is InChI=1S/C17H17NO5S/c1-21-14-5-4-13(9-15(14)22-2)18-16(19)10-23-17(20)6-3-12-7-8-24-11-12/h3-9,11H,10H2,1-2H3,(H,18,19)/b6-3+. The molecule has 0 aliphatic heterocycles. The second kappa shape index (κ2) is 8.73. The largest absolute Gasteiger partial charge is 0.493 e. The van der Waals surface area contributed by atoms with Crippen molar-refractivity contribution in [3.63, 3.8) is 0 Å². The molecule has 2 aromatic rings. The zero-order valence-electron chi connectivity index (χ0n) is 13.3. The van der Waals surface area contributed by atoms with Crippen molar-refractivity contribution in [3.8, 4) is 11.5 Å². The first-order valence-corrected chi connectivity index (χ1v) is 7.95. The van der Waals surface area contributed by atoms with Crippen LogP contribution < -0.4 is 14.8 Å². The van der Waals surface area contributed by atoms with Crippen LogP contribution in [0.2, 0.25) is 0 Å². The van der Waals surface area contributed by atoms with Crippen LogP contribution in [0.1, 0.15) is 5.56 Å². The lowest BCUT2D eigenvalue weighted by Crippen LogP contribution is -2.20. The van der Waals surface area contributed by atoms with Gasteiger partial charge in [-0.1, -0.05) is 0 Å². The van der Waals surface area contributed by atoms with Crippen LogP contribution in [0.25, 0.3) is 6.08 Å². The Bertz CT molecular complexity index is 725. The monoisotopic (exact) mass is 347 g/mol. The molecule has 1 aromatic carbocycles. The van der Waals surface area contributed by atoms with E-state index in [1.165, 1.54) is 31.6 Å². The Hall–Kier alpha value is -2.80. The number of rotatable bonds is 7. The SMILES string of the molecule is COc1ccc(NC(=O)COC(=O)/C=C/c2ccsc2)cc1OC. The number of anilines is 1. The molecule has 0 fully saturated rings. The molecule has 0 aliphatic rings. The van der Waals surface area contributed by atoms with Gasteiger partial charge in [-0.15, -0.1) is 0 Å². The van der Waals surface area contributed by atoms with Crippen molar-refractivity contribution in [1.29, 1.82) is 0 Å². The number of carbonyl (C=O) groups excluding carboxylic acids is 2. The molecular weight excluding hydrogens is 330 g/mol. The predicted octanol–water partition coefficient (Wildman–Crippen LogP) is 2.96. The molecular formula is C17H17NO5S. The molecule has 1 amide bonds. The van der Waals surface area contributed by atoms with Crippen molar-refractivity contribution in [2.24, 2.45) is 0 Å². The summed E-state index contributed by atoms with van der Waals surface area (Å²) in [6.45, 7) is -0.374. The van der Waals surface area contributed by atoms with Gasteiger partial charge in [0, 0.05) is 17.8 Å². The number of nitrogens with one attached hydrogen (secondary N) is 1. The zero-order valence-corrected chi connectivity index (χ0v) is 14.1. The van der Waals surface area contributed by atoms with E-state index in [-0.39, 0.29) is 6.61 Å². The van der Waals surface area contributed by atoms with Gasteiger partial charge in [0.1, 0.15) is 0 Å². The topological polar surface area (TPSA) is 73.9 Å². The van der Waals surface area contributed by atoms with Gasteiger partial charge in [-0.2, -0.15) is 11.3 Å². The number of thiophene rings is 1. The number of methoxy groups -OCH3 is 2. The van der Waals surface area contributed by atoms with E-state index in [1.807, 2.05) is 16.8 Å². The lowest BCUT2D eigenvalue weighted by Gasteiger charge is -2.10. The van der Waals surface area contributed by atoms with Crippen LogP contribution in [0, 0.1) is 0 Å². The van der Waals surface area contributed by atoms with Crippen molar-refractivity contribution in [3.05, 3.63) is 46.7 Å². The van der Waals surface area contributed by atoms with Crippen LogP contribution in [0.3, 0.4) is 0 Å². The van der Waals surface area contributed by atoms with Crippen molar-refractivity contribution < 1.29 is 23.8 Å². The van der Waals surface area contributed by atoms with E-state index in [9.17, 15) is 9.59 Å². The molecule has 0 bridgehead atoms. The summed E-state index contributed by atoms with van der Waals surface area (Å²) in [5, 5.41) is 6.42. The minimum absolute atomic E-state index is 0.374. The first-order chi connectivity index (χ1) is 11.6. The highest BCUT2D eigenvalue weighted by Gasteiger charge is 2.09. The van der Waals surface area contributed by atoms with Crippen molar-refractivity contribution >= 4 is 35.0 Å². The molecule has 7 heteroatoms. The van der Waals surface area contributed by atoms with Crippen LogP contribution in [0.5, 0.6) is 11.5 Å². The molecule has 6 nitrogen and oxygen atoms in total. The Balaban J connectivity index is 1.83. The van der Waals surface area contributed by atoms with E-state index in [0.29, 0.717) is 17.2 Å². The fraction of sp³-hybridized carbons (Fsp3) is 0.176. The fourth-order valence-electron chi connectivity index (χ4n) is 1.83. The van der Waals surface area contributed by atoms with Gasteiger partial charge in [0.25, 0.3) is 5.91 Å². The summed E-state index contributed by atoms with van der Waals surface area (Å²) >= 11 is 1.53. The molecule has 0 saturated carbocycles. The average molecular weight is 347 g/mol. The first-order valence-electron chi connectivity index (χ1n) is 7.01. The number of amides is 1. The fourth-order valence-corrected chi connectivity index (χ4v) is 2.46. The number of hydrogen-bond donors (Lipinski definition) is 1. The van der Waals surface area contributed by atoms with Gasteiger partial charge >= 0.3 is 5.97 Å². The lowest BCUT2D eigenvalue weighted by molar-refractivity contribution is -0.142. The Morgan fingerprint density at radius 2 is 1.96 bits per heavy atom. The van der Waals surface area contributed by atoms with E-state index >= 15 is 0 Å². The number of hydrogen-bond acceptors (Lipinski definition) is 6. The van der Waals surface area contributed by atoms with Crippen molar-refractivity contribution in [2.75, 3.05) is 26.1 Å². The molecule has 0 spiro atoms. The molecule has 0 saturated heterocycles. The summed E-state index contributed by atoms with van der Waals surface area (Å²) in [4.78, 5) is 23.4. The molecule has 0 unspecified atom stereocenters. The average Bonchev–Trinajstić information content (AvgIpc) is 3.11. The van der Waals surface area contributed by atoms with Crippen molar-refractivity contribution in [1.82, 2.24) is 0 Å². The molecule has 1 aromatic heterocycles. The third-order valence-corrected chi connectivity index (χ3v) is 3.67. The van der Waals surface area contributed by atoms with Crippen LogP contribution in [0.4, 0.5) is 5.69 Å². The minimum Gasteiger partial charge on any atom is -0.493 e. The Morgan fingerprint density at radius 3 is 2.62 bits per heavy atom. The number of esters is 1. The summed E-state index contributed by atoms with van der Waals surface area (Å²) in [5.41, 5.74) is 1.43. The van der Waals surface area contributed by atoms with Gasteiger partial charge in [0.15, 0.2) is 18.1 Å². The van der Waals surface area contributed by atoms with Gasteiger partial charge in [-0.05, 0) is 40.6 Å². The normalized spacial score (nSPS) is 10.4. The molecule has 126 valence electrons. The second-order valence-corrected chi connectivity index (χ2v) is 5.40. The number of carbonyl (C=O) groups is 2. The van der Waals surface area contributed by atoms with Crippen LogP contribution in [-0.4, -0.2) is 32.7 Å². The van der Waals surface area contributed by atoms with Crippen LogP contribution in [-0.2, 0) is 14.3 Å². The molecule has 2 rings (SSSR count). The summed E-state index contributed by atoms with van der Waals surface area (Å²) in [6.07, 6.45) is 2.91. The van der Waals surface area contributed by atoms with E-state index in [0.717, 1.165) is 5.56 Å². The maximum Gasteiger partial charge on any atom is 0.331 e. The van der Waals surface area contributed by atoms with Gasteiger partial charge < -0.3 is 19.5 Å². The molecule has 0 aliphatic carbocycles. The third-order valence-electron chi connectivity index (χ3n) is 2.97. The zero-order chi connectivity index (χ0) is 17.4. The maximum absolute atomic E-state index is 11.8. The molecule has 1 heterocycles. The lowest BCUT2D eigenvalue weighted by atomic mass is 10.2. The first kappa shape index (κ1) is 17.6. The van der Waals surface area contributed by atoms with Gasteiger partial charge in [0.05, 0.1) is 14.2 Å². The number of benzene rings is 1. The molecule has 0 radical (unpaired) electrons. The van der Waals surface area contributed by atoms with Gasteiger partial charge in [-0.3, -0.25) is 4.79 Å². The third kappa shape index (κ3) is 5.13. The van der Waals surface area contributed by atoms with E-state index in [2.05, 4.69) is 5.32 Å². The molecule has 1 N–H and O–H groups in total. The Morgan fingerprint density at radius 1 is 1.17 bits per heavy atom. The predicted molar refractivity (Wildman–Crippen MR) is 92.5 cm³/mol. The molecule has 24 heavy (non-hydrogen) atoms.